The molecule has 0 rings (SSSR count). The van der Waals surface area contributed by atoms with E-state index in [2.05, 4.69) is 6.92 Å². The SMILES string of the molecule is CCO[Si](C)(OCC)OC(C)CCCOCC(C)OC. The zero-order valence-corrected chi connectivity index (χ0v) is 14.9. The summed E-state index contributed by atoms with van der Waals surface area (Å²) in [6, 6.07) is 0. The van der Waals surface area contributed by atoms with Crippen molar-refractivity contribution in [2.24, 2.45) is 0 Å². The van der Waals surface area contributed by atoms with Crippen LogP contribution in [0.2, 0.25) is 6.55 Å². The summed E-state index contributed by atoms with van der Waals surface area (Å²) in [5.41, 5.74) is 0. The predicted molar refractivity (Wildman–Crippen MR) is 81.9 cm³/mol. The van der Waals surface area contributed by atoms with E-state index < -0.39 is 8.80 Å². The van der Waals surface area contributed by atoms with E-state index in [0.717, 1.165) is 19.4 Å². The Kier molecular flexibility index (Phi) is 11.7. The molecule has 0 saturated carbocycles. The molecule has 0 saturated heterocycles. The summed E-state index contributed by atoms with van der Waals surface area (Å²) < 4.78 is 28.0. The molecule has 5 nitrogen and oxygen atoms in total. The van der Waals surface area contributed by atoms with E-state index in [1.807, 2.05) is 27.3 Å². The van der Waals surface area contributed by atoms with Gasteiger partial charge in [0.2, 0.25) is 0 Å². The molecule has 0 spiro atoms. The van der Waals surface area contributed by atoms with E-state index in [1.165, 1.54) is 0 Å². The first-order valence-electron chi connectivity index (χ1n) is 7.53. The fourth-order valence-corrected chi connectivity index (χ4v) is 3.97. The molecule has 0 aromatic rings. The minimum Gasteiger partial charge on any atom is -0.379 e. The Labute approximate surface area is 125 Å². The zero-order chi connectivity index (χ0) is 15.4. The van der Waals surface area contributed by atoms with Gasteiger partial charge in [0.1, 0.15) is 0 Å². The van der Waals surface area contributed by atoms with Gasteiger partial charge in [-0.15, -0.1) is 0 Å². The van der Waals surface area contributed by atoms with E-state index >= 15 is 0 Å². The Morgan fingerprint density at radius 2 is 1.60 bits per heavy atom. The van der Waals surface area contributed by atoms with Crippen LogP contribution in [-0.2, 0) is 22.8 Å². The van der Waals surface area contributed by atoms with Crippen molar-refractivity contribution in [1.29, 1.82) is 0 Å². The first kappa shape index (κ1) is 20.0. The van der Waals surface area contributed by atoms with Crippen LogP contribution in [-0.4, -0.2) is 54.5 Å². The van der Waals surface area contributed by atoms with Gasteiger partial charge in [0.05, 0.1) is 12.7 Å². The third-order valence-electron chi connectivity index (χ3n) is 2.88. The fourth-order valence-electron chi connectivity index (χ4n) is 1.85. The molecule has 2 atom stereocenters. The summed E-state index contributed by atoms with van der Waals surface area (Å²) >= 11 is 0. The summed E-state index contributed by atoms with van der Waals surface area (Å²) in [6.45, 7) is 12.5. The number of ether oxygens (including phenoxy) is 2. The lowest BCUT2D eigenvalue weighted by molar-refractivity contribution is 0.0106. The summed E-state index contributed by atoms with van der Waals surface area (Å²) in [5.74, 6) is 0. The Morgan fingerprint density at radius 1 is 1.00 bits per heavy atom. The van der Waals surface area contributed by atoms with Gasteiger partial charge in [-0.2, -0.15) is 0 Å². The molecule has 6 heteroatoms. The Bertz CT molecular complexity index is 222. The minimum absolute atomic E-state index is 0.119. The molecule has 0 aromatic heterocycles. The van der Waals surface area contributed by atoms with Crippen LogP contribution in [0.15, 0.2) is 0 Å². The Morgan fingerprint density at radius 3 is 2.10 bits per heavy atom. The van der Waals surface area contributed by atoms with Crippen molar-refractivity contribution in [3.8, 4) is 0 Å². The third kappa shape index (κ3) is 9.85. The van der Waals surface area contributed by atoms with E-state index in [4.69, 9.17) is 22.8 Å². The molecule has 0 aliphatic carbocycles. The molecule has 0 aromatic carbocycles. The molecule has 0 heterocycles. The summed E-state index contributed by atoms with van der Waals surface area (Å²) in [7, 11) is -0.774. The molecule has 0 radical (unpaired) electrons. The first-order chi connectivity index (χ1) is 9.47. The number of hydrogen-bond donors (Lipinski definition) is 0. The van der Waals surface area contributed by atoms with Gasteiger partial charge in [0, 0.05) is 39.6 Å². The summed E-state index contributed by atoms with van der Waals surface area (Å²) in [6.07, 6.45) is 2.16. The molecule has 0 bridgehead atoms. The van der Waals surface area contributed by atoms with Crippen molar-refractivity contribution >= 4 is 8.80 Å². The highest BCUT2D eigenvalue weighted by Gasteiger charge is 2.35. The smallest absolute Gasteiger partial charge is 0.379 e. The standard InChI is InChI=1S/C14H32O5Si/c1-7-17-20(6,18-8-2)19-13(3)10-9-11-16-12-14(4)15-5/h13-14H,7-12H2,1-6H3. The number of rotatable bonds is 13. The second-order valence-corrected chi connectivity index (χ2v) is 7.46. The van der Waals surface area contributed by atoms with Gasteiger partial charge in [-0.3, -0.25) is 0 Å². The molecule has 20 heavy (non-hydrogen) atoms. The van der Waals surface area contributed by atoms with E-state index in [1.54, 1.807) is 7.11 Å². The van der Waals surface area contributed by atoms with Gasteiger partial charge in [-0.1, -0.05) is 0 Å². The van der Waals surface area contributed by atoms with Crippen molar-refractivity contribution in [2.45, 2.75) is 59.3 Å². The maximum atomic E-state index is 5.98. The summed E-state index contributed by atoms with van der Waals surface area (Å²) in [5, 5.41) is 0. The third-order valence-corrected chi connectivity index (χ3v) is 5.34. The van der Waals surface area contributed by atoms with Crippen LogP contribution in [0.4, 0.5) is 0 Å². The van der Waals surface area contributed by atoms with Crippen LogP contribution in [0.3, 0.4) is 0 Å². The van der Waals surface area contributed by atoms with Gasteiger partial charge in [-0.05, 0) is 40.5 Å². The lowest BCUT2D eigenvalue weighted by Gasteiger charge is -2.28. The molecule has 0 fully saturated rings. The first-order valence-corrected chi connectivity index (χ1v) is 9.76. The van der Waals surface area contributed by atoms with Gasteiger partial charge in [0.15, 0.2) is 0 Å². The second kappa shape index (κ2) is 11.7. The van der Waals surface area contributed by atoms with Gasteiger partial charge >= 0.3 is 8.80 Å². The molecule has 0 aliphatic heterocycles. The molecule has 122 valence electrons. The van der Waals surface area contributed by atoms with Gasteiger partial charge in [0.25, 0.3) is 0 Å². The predicted octanol–water partition coefficient (Wildman–Crippen LogP) is 2.86. The van der Waals surface area contributed by atoms with E-state index in [0.29, 0.717) is 19.8 Å². The quantitative estimate of drug-likeness (QED) is 0.387. The van der Waals surface area contributed by atoms with Crippen LogP contribution < -0.4 is 0 Å². The maximum absolute atomic E-state index is 5.98. The number of methoxy groups -OCH3 is 1. The second-order valence-electron chi connectivity index (χ2n) is 4.92. The van der Waals surface area contributed by atoms with Crippen molar-refractivity contribution in [3.63, 3.8) is 0 Å². The van der Waals surface area contributed by atoms with Gasteiger partial charge < -0.3 is 22.8 Å². The van der Waals surface area contributed by atoms with Crippen molar-refractivity contribution in [3.05, 3.63) is 0 Å². The van der Waals surface area contributed by atoms with Crippen LogP contribution in [0.25, 0.3) is 0 Å². The fraction of sp³-hybridized carbons (Fsp3) is 1.00. The van der Waals surface area contributed by atoms with E-state index in [9.17, 15) is 0 Å². The molecular formula is C14H32O5Si. The molecule has 0 aliphatic rings. The molecule has 2 unspecified atom stereocenters. The highest BCUT2D eigenvalue weighted by atomic mass is 28.4. The van der Waals surface area contributed by atoms with Crippen molar-refractivity contribution in [2.75, 3.05) is 33.5 Å². The van der Waals surface area contributed by atoms with Crippen molar-refractivity contribution < 1.29 is 22.8 Å². The minimum atomic E-state index is -2.47. The van der Waals surface area contributed by atoms with Crippen LogP contribution >= 0.6 is 0 Å². The lowest BCUT2D eigenvalue weighted by Crippen LogP contribution is -2.45. The zero-order valence-electron chi connectivity index (χ0n) is 13.9. The highest BCUT2D eigenvalue weighted by Crippen LogP contribution is 2.15. The average Bonchev–Trinajstić information content (AvgIpc) is 2.38. The lowest BCUT2D eigenvalue weighted by atomic mass is 10.2. The van der Waals surface area contributed by atoms with Crippen LogP contribution in [0, 0.1) is 0 Å². The average molecular weight is 308 g/mol. The monoisotopic (exact) mass is 308 g/mol. The number of hydrogen-bond acceptors (Lipinski definition) is 5. The largest absolute Gasteiger partial charge is 0.497 e. The van der Waals surface area contributed by atoms with E-state index in [-0.39, 0.29) is 12.2 Å². The molecule has 0 amide bonds. The normalized spacial score (nSPS) is 15.3. The molecular weight excluding hydrogens is 276 g/mol. The van der Waals surface area contributed by atoms with Crippen LogP contribution in [0.5, 0.6) is 0 Å². The van der Waals surface area contributed by atoms with Crippen molar-refractivity contribution in [1.82, 2.24) is 0 Å². The van der Waals surface area contributed by atoms with Crippen LogP contribution in [0.1, 0.15) is 40.5 Å². The maximum Gasteiger partial charge on any atom is 0.497 e. The summed E-state index contributed by atoms with van der Waals surface area (Å²) in [4.78, 5) is 0. The molecule has 0 N–H and O–H groups in total. The topological polar surface area (TPSA) is 46.2 Å². The highest BCUT2D eigenvalue weighted by molar-refractivity contribution is 6.59. The Hall–Kier alpha value is 0.0169. The Balaban J connectivity index is 3.82. The van der Waals surface area contributed by atoms with Gasteiger partial charge in [-0.25, -0.2) is 0 Å².